The number of aliphatic hydroxyl groups is 1. The van der Waals surface area contributed by atoms with Gasteiger partial charge in [0.1, 0.15) is 47.0 Å². The van der Waals surface area contributed by atoms with Crippen molar-refractivity contribution in [2.24, 2.45) is 5.41 Å². The number of carbonyl (C=O) groups is 4. The van der Waals surface area contributed by atoms with Crippen LogP contribution in [0.1, 0.15) is 38.4 Å². The third kappa shape index (κ3) is 14.1. The number of likely N-dealkylation sites (tertiary alicyclic amines) is 1. The van der Waals surface area contributed by atoms with Crippen molar-refractivity contribution in [2.75, 3.05) is 97.5 Å². The van der Waals surface area contributed by atoms with Gasteiger partial charge < -0.3 is 49.8 Å². The van der Waals surface area contributed by atoms with Crippen molar-refractivity contribution < 1.29 is 47.6 Å². The number of rotatable bonds is 23. The lowest BCUT2D eigenvalue weighted by Gasteiger charge is -2.35. The minimum Gasteiger partial charge on any atom is -0.496 e. The maximum absolute atomic E-state index is 14.8. The third-order valence-electron chi connectivity index (χ3n) is 13.2. The SMILES string of the molecule is COc1cccc(F)c1-c1ncc2[nH]nc(-c3ccc(N4CCN(CC(=O)NCCOCCOCCOCC(=O)N[C@H](C(=O)N5C[C@H](O)C[C@H]5C(=O)NCc5ccc(-c6scnc6C)cc5)C(C)(C)C)CC4)cc3)c2n1. The van der Waals surface area contributed by atoms with Gasteiger partial charge >= 0.3 is 0 Å². The maximum Gasteiger partial charge on any atom is 0.246 e. The number of thiazole rings is 1. The number of halogens is 1. The number of aryl methyl sites for hydroxylation is 1. The van der Waals surface area contributed by atoms with Crippen LogP contribution >= 0.6 is 11.3 Å². The van der Waals surface area contributed by atoms with Crippen molar-refractivity contribution in [3.05, 3.63) is 95.5 Å². The number of methoxy groups -OCH3 is 1. The number of H-pyrrole nitrogens is 1. The van der Waals surface area contributed by atoms with E-state index < -0.39 is 41.2 Å². The monoisotopic (exact) mass is 1060 g/mol. The van der Waals surface area contributed by atoms with E-state index in [9.17, 15) is 28.7 Å². The summed E-state index contributed by atoms with van der Waals surface area (Å²) in [6.07, 6.45) is 0.790. The van der Waals surface area contributed by atoms with Gasteiger partial charge in [0.2, 0.25) is 23.6 Å². The van der Waals surface area contributed by atoms with Gasteiger partial charge in [-0.25, -0.2) is 19.3 Å². The lowest BCUT2D eigenvalue weighted by Crippen LogP contribution is -2.58. The molecule has 2 fully saturated rings. The molecular formula is C54H66FN11O9S. The highest BCUT2D eigenvalue weighted by molar-refractivity contribution is 7.13. The molecule has 2 saturated heterocycles. The number of β-amino-alcohol motifs (C(OH)–C–C–N with tert-alkyl or cyclic N) is 1. The van der Waals surface area contributed by atoms with Gasteiger partial charge in [0.25, 0.3) is 0 Å². The number of ether oxygens (including phenoxy) is 4. The molecule has 0 aliphatic carbocycles. The number of nitrogens with one attached hydrogen (secondary N) is 4. The van der Waals surface area contributed by atoms with E-state index in [1.165, 1.54) is 18.1 Å². The molecule has 3 aromatic heterocycles. The van der Waals surface area contributed by atoms with Crippen LogP contribution in [0.5, 0.6) is 5.75 Å². The van der Waals surface area contributed by atoms with Crippen LogP contribution in [0.15, 0.2) is 78.4 Å². The first-order chi connectivity index (χ1) is 36.7. The lowest BCUT2D eigenvalue weighted by molar-refractivity contribution is -0.144. The van der Waals surface area contributed by atoms with Gasteiger partial charge in [0, 0.05) is 63.5 Å². The average molecular weight is 1060 g/mol. The summed E-state index contributed by atoms with van der Waals surface area (Å²) in [6.45, 7) is 12.2. The highest BCUT2D eigenvalue weighted by atomic mass is 32.1. The van der Waals surface area contributed by atoms with Crippen LogP contribution in [0, 0.1) is 18.2 Å². The number of piperazine rings is 1. The predicted octanol–water partition coefficient (Wildman–Crippen LogP) is 4.36. The maximum atomic E-state index is 14.8. The minimum atomic E-state index is -0.981. The number of aromatic nitrogens is 5. The molecule has 6 aromatic rings. The quantitative estimate of drug-likeness (QED) is 0.0561. The number of hydrogen-bond acceptors (Lipinski definition) is 16. The van der Waals surface area contributed by atoms with Gasteiger partial charge in [-0.2, -0.15) is 5.10 Å². The van der Waals surface area contributed by atoms with Crippen molar-refractivity contribution in [1.29, 1.82) is 0 Å². The Balaban J connectivity index is 0.668. The van der Waals surface area contributed by atoms with E-state index in [0.717, 1.165) is 59.1 Å². The van der Waals surface area contributed by atoms with Crippen LogP contribution in [0.3, 0.4) is 0 Å². The second-order valence-corrected chi connectivity index (χ2v) is 20.6. The number of nitrogens with zero attached hydrogens (tertiary/aromatic N) is 7. The van der Waals surface area contributed by atoms with Crippen LogP contribution in [-0.2, 0) is 39.9 Å². The molecule has 22 heteroatoms. The molecule has 0 bridgehead atoms. The first kappa shape index (κ1) is 55.3. The summed E-state index contributed by atoms with van der Waals surface area (Å²) < 4.78 is 36.9. The molecule has 20 nitrogen and oxygen atoms in total. The Morgan fingerprint density at radius 2 is 1.59 bits per heavy atom. The molecular weight excluding hydrogens is 998 g/mol. The topological polar surface area (TPSA) is 239 Å². The number of amides is 4. The summed E-state index contributed by atoms with van der Waals surface area (Å²) in [4.78, 5) is 73.3. The molecule has 2 aliphatic heterocycles. The van der Waals surface area contributed by atoms with Crippen LogP contribution in [-0.4, -0.2) is 174 Å². The second kappa shape index (κ2) is 25.7. The zero-order valence-corrected chi connectivity index (χ0v) is 44.3. The molecule has 8 rings (SSSR count). The fourth-order valence-corrected chi connectivity index (χ4v) is 9.94. The van der Waals surface area contributed by atoms with Crippen molar-refractivity contribution in [1.82, 2.24) is 50.9 Å². The number of hydrogen-bond donors (Lipinski definition) is 5. The van der Waals surface area contributed by atoms with Crippen molar-refractivity contribution >= 4 is 51.7 Å². The molecule has 0 radical (unpaired) electrons. The van der Waals surface area contributed by atoms with E-state index in [1.807, 2.05) is 81.7 Å². The summed E-state index contributed by atoms with van der Waals surface area (Å²) in [5.41, 5.74) is 7.87. The van der Waals surface area contributed by atoms with Gasteiger partial charge in [-0.15, -0.1) is 11.3 Å². The van der Waals surface area contributed by atoms with E-state index in [1.54, 1.807) is 29.7 Å². The molecule has 0 spiro atoms. The van der Waals surface area contributed by atoms with Gasteiger partial charge in [0.05, 0.1) is 80.6 Å². The summed E-state index contributed by atoms with van der Waals surface area (Å²) in [5, 5.41) is 26.6. The number of aliphatic hydroxyl groups excluding tert-OH is 1. The Bertz CT molecular complexity index is 2920. The average Bonchev–Trinajstić information content (AvgIpc) is 4.16. The number of fused-ring (bicyclic) bond motifs is 1. The molecule has 3 aromatic carbocycles. The highest BCUT2D eigenvalue weighted by Gasteiger charge is 2.44. The Kier molecular flexibility index (Phi) is 18.7. The van der Waals surface area contributed by atoms with Crippen LogP contribution in [0.2, 0.25) is 0 Å². The van der Waals surface area contributed by atoms with Crippen LogP contribution in [0.25, 0.3) is 44.1 Å². The number of benzene rings is 3. The Morgan fingerprint density at radius 1 is 0.882 bits per heavy atom. The van der Waals surface area contributed by atoms with Crippen molar-refractivity contribution in [3.8, 4) is 38.8 Å². The molecule has 5 heterocycles. The highest BCUT2D eigenvalue weighted by Crippen LogP contribution is 2.34. The van der Waals surface area contributed by atoms with E-state index in [-0.39, 0.29) is 75.7 Å². The summed E-state index contributed by atoms with van der Waals surface area (Å²) in [7, 11) is 1.48. The first-order valence-corrected chi connectivity index (χ1v) is 26.2. The predicted molar refractivity (Wildman–Crippen MR) is 285 cm³/mol. The van der Waals surface area contributed by atoms with Crippen LogP contribution in [0.4, 0.5) is 10.1 Å². The van der Waals surface area contributed by atoms with E-state index in [0.29, 0.717) is 42.2 Å². The molecule has 76 heavy (non-hydrogen) atoms. The normalized spacial score (nSPS) is 16.5. The lowest BCUT2D eigenvalue weighted by atomic mass is 9.85. The fourth-order valence-electron chi connectivity index (χ4n) is 9.13. The minimum absolute atomic E-state index is 0.0281. The van der Waals surface area contributed by atoms with Crippen LogP contribution < -0.4 is 25.6 Å². The zero-order chi connectivity index (χ0) is 53.8. The number of aromatic amines is 1. The Hall–Kier alpha value is -6.95. The van der Waals surface area contributed by atoms with Crippen molar-refractivity contribution in [3.63, 3.8) is 0 Å². The number of carbonyl (C=O) groups excluding carboxylic acids is 4. The molecule has 5 N–H and O–H groups in total. The summed E-state index contributed by atoms with van der Waals surface area (Å²) >= 11 is 1.57. The smallest absolute Gasteiger partial charge is 0.246 e. The molecule has 0 unspecified atom stereocenters. The molecule has 3 atom stereocenters. The second-order valence-electron chi connectivity index (χ2n) is 19.7. The first-order valence-electron chi connectivity index (χ1n) is 25.3. The molecule has 4 amide bonds. The van der Waals surface area contributed by atoms with E-state index in [2.05, 4.69) is 50.9 Å². The number of anilines is 1. The largest absolute Gasteiger partial charge is 0.496 e. The molecule has 2 aliphatic rings. The molecule has 0 saturated carbocycles. The zero-order valence-electron chi connectivity index (χ0n) is 43.5. The fraction of sp³-hybridized carbons (Fsp3) is 0.444. The standard InChI is InChI=1S/C54H66FN11O9S/c1-34-49(76-33-59-34)37-11-9-35(10-12-37)28-58-52(70)42-27-39(67)30-66(42)53(71)50(54(2,3)4)60-45(69)32-75-26-25-74-24-23-73-22-17-56-44(68)31-64-18-20-65(21-19-64)38-15-13-36(14-16-38)47-48-41(62-63-47)29-57-51(61-48)46-40(55)7-6-8-43(46)72-5/h6-16,29,33,39,42,50,67H,17-28,30-32H2,1-5H3,(H,56,68)(H,58,70)(H,60,69)(H,62,63)/t39-,42+,50-/m1/s1. The van der Waals surface area contributed by atoms with Gasteiger partial charge in [-0.3, -0.25) is 29.2 Å². The summed E-state index contributed by atoms with van der Waals surface area (Å²) in [5.74, 6) is -1.36. The van der Waals surface area contributed by atoms with Gasteiger partial charge in [0.15, 0.2) is 5.82 Å². The third-order valence-corrected chi connectivity index (χ3v) is 14.2. The summed E-state index contributed by atoms with van der Waals surface area (Å²) in [6, 6.07) is 18.6. The van der Waals surface area contributed by atoms with Gasteiger partial charge in [-0.1, -0.05) is 63.2 Å². The van der Waals surface area contributed by atoms with Crippen molar-refractivity contribution in [2.45, 2.75) is 58.8 Å². The van der Waals surface area contributed by atoms with E-state index in [4.69, 9.17) is 18.9 Å². The van der Waals surface area contributed by atoms with E-state index >= 15 is 0 Å². The Morgan fingerprint density at radius 3 is 2.29 bits per heavy atom. The molecule has 404 valence electrons. The Labute approximate surface area is 444 Å². The van der Waals surface area contributed by atoms with Gasteiger partial charge in [-0.05, 0) is 47.7 Å².